The molecule has 3 aromatic heterocycles. The van der Waals surface area contributed by atoms with Gasteiger partial charge in [-0.2, -0.15) is 0 Å². The number of hydrogen-bond acceptors (Lipinski definition) is 5. The van der Waals surface area contributed by atoms with Gasteiger partial charge in [-0.1, -0.05) is 0 Å². The number of nitrogens with zero attached hydrogens (tertiary/aromatic N) is 1. The van der Waals surface area contributed by atoms with E-state index in [1.54, 1.807) is 12.3 Å². The van der Waals surface area contributed by atoms with Crippen molar-refractivity contribution in [3.05, 3.63) is 65.5 Å². The third-order valence-corrected chi connectivity index (χ3v) is 4.30. The van der Waals surface area contributed by atoms with Gasteiger partial charge in [0.1, 0.15) is 0 Å². The van der Waals surface area contributed by atoms with Crippen molar-refractivity contribution in [2.45, 2.75) is 19.9 Å². The van der Waals surface area contributed by atoms with Gasteiger partial charge >= 0.3 is 5.63 Å². The van der Waals surface area contributed by atoms with Crippen LogP contribution in [0.4, 0.5) is 5.69 Å². The summed E-state index contributed by atoms with van der Waals surface area (Å²) in [6.45, 7) is 2.63. The molecule has 0 atom stereocenters. The lowest BCUT2D eigenvalue weighted by Crippen LogP contribution is -2.33. The lowest BCUT2D eigenvalue weighted by molar-refractivity contribution is -0.697. The number of carbonyl (C=O) groups is 1. The number of anilines is 1. The number of benzene rings is 1. The van der Waals surface area contributed by atoms with E-state index in [4.69, 9.17) is 13.6 Å². The molecular formula is C21H19N2O5+. The van der Waals surface area contributed by atoms with Gasteiger partial charge in [0.15, 0.2) is 30.1 Å². The molecule has 0 saturated heterocycles. The number of hydrogen-bond donors (Lipinski definition) is 1. The topological polar surface area (TPSA) is 85.6 Å². The van der Waals surface area contributed by atoms with E-state index in [9.17, 15) is 9.59 Å². The maximum Gasteiger partial charge on any atom is 0.336 e. The zero-order valence-corrected chi connectivity index (χ0v) is 15.3. The Kier molecular flexibility index (Phi) is 4.80. The minimum atomic E-state index is -0.432. The molecule has 1 N–H and O–H groups in total. The van der Waals surface area contributed by atoms with Crippen LogP contribution in [0.1, 0.15) is 13.3 Å². The SMILES string of the molecule is CC(=O)Nc1cc[n+](CCCOc2c3occc3cc3ccc(=O)oc23)cc1. The smallest absolute Gasteiger partial charge is 0.336 e. The van der Waals surface area contributed by atoms with E-state index in [0.717, 1.165) is 29.4 Å². The number of amides is 1. The van der Waals surface area contributed by atoms with Gasteiger partial charge in [0.2, 0.25) is 11.7 Å². The predicted molar refractivity (Wildman–Crippen MR) is 103 cm³/mol. The Hall–Kier alpha value is -3.61. The normalized spacial score (nSPS) is 11.0. The van der Waals surface area contributed by atoms with E-state index in [-0.39, 0.29) is 5.91 Å². The van der Waals surface area contributed by atoms with Gasteiger partial charge in [0.05, 0.1) is 18.6 Å². The summed E-state index contributed by atoms with van der Waals surface area (Å²) in [6, 6.07) is 10.5. The summed E-state index contributed by atoms with van der Waals surface area (Å²) in [5, 5.41) is 4.41. The molecule has 0 aliphatic carbocycles. The van der Waals surface area contributed by atoms with Crippen LogP contribution < -0.4 is 20.2 Å². The van der Waals surface area contributed by atoms with Crippen LogP contribution in [-0.2, 0) is 11.3 Å². The van der Waals surface area contributed by atoms with E-state index in [1.165, 1.54) is 13.0 Å². The van der Waals surface area contributed by atoms with Gasteiger partial charge in [-0.15, -0.1) is 0 Å². The van der Waals surface area contributed by atoms with Gasteiger partial charge in [0.25, 0.3) is 0 Å². The molecule has 0 fully saturated rings. The summed E-state index contributed by atoms with van der Waals surface area (Å²) >= 11 is 0. The second-order valence-corrected chi connectivity index (χ2v) is 6.43. The van der Waals surface area contributed by atoms with E-state index < -0.39 is 5.63 Å². The first-order chi connectivity index (χ1) is 13.6. The number of aromatic nitrogens is 1. The van der Waals surface area contributed by atoms with Crippen molar-refractivity contribution >= 4 is 33.5 Å². The van der Waals surface area contributed by atoms with Gasteiger partial charge in [-0.25, -0.2) is 9.36 Å². The fraction of sp³-hybridized carbons (Fsp3) is 0.190. The summed E-state index contributed by atoms with van der Waals surface area (Å²) in [4.78, 5) is 22.7. The number of aryl methyl sites for hydroxylation is 1. The molecule has 0 radical (unpaired) electrons. The van der Waals surface area contributed by atoms with Crippen LogP contribution in [0.3, 0.4) is 0 Å². The number of furan rings is 1. The van der Waals surface area contributed by atoms with Crippen molar-refractivity contribution in [1.29, 1.82) is 0 Å². The highest BCUT2D eigenvalue weighted by Crippen LogP contribution is 2.34. The molecule has 0 aliphatic heterocycles. The minimum absolute atomic E-state index is 0.0999. The van der Waals surface area contributed by atoms with Crippen LogP contribution in [0.25, 0.3) is 21.9 Å². The third kappa shape index (κ3) is 3.73. The van der Waals surface area contributed by atoms with Gasteiger partial charge in [-0.05, 0) is 18.2 Å². The molecule has 0 unspecified atom stereocenters. The second kappa shape index (κ2) is 7.56. The average Bonchev–Trinajstić information content (AvgIpc) is 3.14. The Morgan fingerprint density at radius 1 is 1.11 bits per heavy atom. The summed E-state index contributed by atoms with van der Waals surface area (Å²) in [5.74, 6) is 0.346. The first-order valence-corrected chi connectivity index (χ1v) is 8.94. The molecular weight excluding hydrogens is 360 g/mol. The van der Waals surface area contributed by atoms with Crippen molar-refractivity contribution in [2.75, 3.05) is 11.9 Å². The van der Waals surface area contributed by atoms with Crippen molar-refractivity contribution in [1.82, 2.24) is 0 Å². The highest BCUT2D eigenvalue weighted by Gasteiger charge is 2.15. The molecule has 0 aliphatic rings. The standard InChI is InChI=1S/C21H18N2O5/c1-14(24)22-17-5-9-23(10-6-17)8-2-11-26-21-19-16(7-12-27-19)13-15-3-4-18(25)28-20(15)21/h3-7,9-10,12-13H,2,8,11H2,1H3/p+1. The Labute approximate surface area is 160 Å². The average molecular weight is 379 g/mol. The number of pyridine rings is 1. The Morgan fingerprint density at radius 2 is 1.89 bits per heavy atom. The first-order valence-electron chi connectivity index (χ1n) is 8.94. The van der Waals surface area contributed by atoms with Crippen LogP contribution in [0.5, 0.6) is 5.75 Å². The van der Waals surface area contributed by atoms with E-state index in [2.05, 4.69) is 5.32 Å². The highest BCUT2D eigenvalue weighted by atomic mass is 16.5. The van der Waals surface area contributed by atoms with E-state index >= 15 is 0 Å². The molecule has 4 aromatic rings. The van der Waals surface area contributed by atoms with Crippen molar-refractivity contribution in [2.24, 2.45) is 0 Å². The molecule has 28 heavy (non-hydrogen) atoms. The fourth-order valence-corrected chi connectivity index (χ4v) is 3.05. The quantitative estimate of drug-likeness (QED) is 0.316. The Morgan fingerprint density at radius 3 is 2.68 bits per heavy atom. The number of fused-ring (bicyclic) bond motifs is 2. The molecule has 142 valence electrons. The highest BCUT2D eigenvalue weighted by molar-refractivity contribution is 5.99. The summed E-state index contributed by atoms with van der Waals surface area (Å²) in [5.41, 5.74) is 1.28. The fourth-order valence-electron chi connectivity index (χ4n) is 3.05. The third-order valence-electron chi connectivity index (χ3n) is 4.30. The van der Waals surface area contributed by atoms with Crippen molar-refractivity contribution in [3.8, 4) is 5.75 Å². The molecule has 1 amide bonds. The van der Waals surface area contributed by atoms with Gasteiger partial charge < -0.3 is 18.9 Å². The number of carbonyl (C=O) groups excluding carboxylic acids is 1. The van der Waals surface area contributed by atoms with Crippen LogP contribution in [0.2, 0.25) is 0 Å². The lowest BCUT2D eigenvalue weighted by atomic mass is 10.1. The minimum Gasteiger partial charge on any atom is -0.486 e. The van der Waals surface area contributed by atoms with Crippen LogP contribution in [-0.4, -0.2) is 12.5 Å². The van der Waals surface area contributed by atoms with Crippen LogP contribution in [0, 0.1) is 0 Å². The van der Waals surface area contributed by atoms with Crippen LogP contribution in [0.15, 0.2) is 68.7 Å². The molecule has 7 nitrogen and oxygen atoms in total. The molecule has 3 heterocycles. The number of ether oxygens (including phenoxy) is 1. The molecule has 1 aromatic carbocycles. The monoisotopic (exact) mass is 379 g/mol. The van der Waals surface area contributed by atoms with Crippen LogP contribution >= 0.6 is 0 Å². The second-order valence-electron chi connectivity index (χ2n) is 6.43. The van der Waals surface area contributed by atoms with E-state index in [0.29, 0.717) is 23.5 Å². The van der Waals surface area contributed by atoms with Gasteiger partial charge in [-0.3, -0.25) is 4.79 Å². The number of nitrogens with one attached hydrogen (secondary N) is 1. The van der Waals surface area contributed by atoms with E-state index in [1.807, 2.05) is 41.2 Å². The molecule has 0 saturated carbocycles. The maximum absolute atomic E-state index is 11.6. The largest absolute Gasteiger partial charge is 0.486 e. The molecule has 0 spiro atoms. The lowest BCUT2D eigenvalue weighted by Gasteiger charge is -2.08. The molecule has 7 heteroatoms. The zero-order chi connectivity index (χ0) is 19.5. The van der Waals surface area contributed by atoms with Gasteiger partial charge in [0, 0.05) is 42.3 Å². The summed E-state index contributed by atoms with van der Waals surface area (Å²) < 4.78 is 18.8. The summed E-state index contributed by atoms with van der Waals surface area (Å²) in [7, 11) is 0. The number of rotatable bonds is 6. The predicted octanol–water partition coefficient (Wildman–Crippen LogP) is 3.25. The Bertz CT molecular complexity index is 1190. The molecule has 4 rings (SSSR count). The molecule has 0 bridgehead atoms. The first kappa shape index (κ1) is 17.8. The Balaban J connectivity index is 1.46. The van der Waals surface area contributed by atoms with Crippen molar-refractivity contribution < 1.29 is 22.9 Å². The zero-order valence-electron chi connectivity index (χ0n) is 15.3. The summed E-state index contributed by atoms with van der Waals surface area (Å²) in [6.07, 6.45) is 6.11. The maximum atomic E-state index is 11.6. The van der Waals surface area contributed by atoms with Crippen molar-refractivity contribution in [3.63, 3.8) is 0 Å².